The summed E-state index contributed by atoms with van der Waals surface area (Å²) in [6, 6.07) is 5.36. The van der Waals surface area contributed by atoms with Gasteiger partial charge in [0.2, 0.25) is 0 Å². The summed E-state index contributed by atoms with van der Waals surface area (Å²) in [5, 5.41) is 17.3. The Hall–Kier alpha value is -1.55. The zero-order valence-corrected chi connectivity index (χ0v) is 9.45. The molecule has 2 N–H and O–H groups in total. The molecule has 1 unspecified atom stereocenters. The number of halogens is 1. The molecule has 16 heavy (non-hydrogen) atoms. The number of aromatic amines is 1. The van der Waals surface area contributed by atoms with E-state index in [1.165, 1.54) is 0 Å². The standard InChI is InChI=1S/C11H11ClN2O2/c1-6(11(15)16)4-10-8-5-7(12)2-3-9(8)13-14-10/h2-3,5-6H,4H2,1H3,(H,13,14)(H,15,16). The van der Waals surface area contributed by atoms with Crippen molar-refractivity contribution in [2.75, 3.05) is 0 Å². The van der Waals surface area contributed by atoms with Crippen molar-refractivity contribution in [2.45, 2.75) is 13.3 Å². The molecule has 0 bridgehead atoms. The maximum Gasteiger partial charge on any atom is 0.306 e. The molecule has 4 nitrogen and oxygen atoms in total. The number of carboxylic acid groups (broad SMARTS) is 1. The van der Waals surface area contributed by atoms with E-state index in [2.05, 4.69) is 10.2 Å². The van der Waals surface area contributed by atoms with Crippen LogP contribution in [0.1, 0.15) is 12.6 Å². The van der Waals surface area contributed by atoms with Crippen molar-refractivity contribution in [3.8, 4) is 0 Å². The van der Waals surface area contributed by atoms with Crippen LogP contribution in [-0.2, 0) is 11.2 Å². The summed E-state index contributed by atoms with van der Waals surface area (Å²) in [7, 11) is 0. The molecule has 0 amide bonds. The summed E-state index contributed by atoms with van der Waals surface area (Å²) in [6.07, 6.45) is 0.423. The molecule has 1 heterocycles. The van der Waals surface area contributed by atoms with E-state index in [9.17, 15) is 4.79 Å². The third kappa shape index (κ3) is 2.02. The number of benzene rings is 1. The van der Waals surface area contributed by atoms with Crippen LogP contribution in [0.3, 0.4) is 0 Å². The quantitative estimate of drug-likeness (QED) is 0.863. The third-order valence-electron chi connectivity index (χ3n) is 2.53. The van der Waals surface area contributed by atoms with E-state index in [1.54, 1.807) is 19.1 Å². The van der Waals surface area contributed by atoms with Gasteiger partial charge in [0.25, 0.3) is 0 Å². The fourth-order valence-corrected chi connectivity index (χ4v) is 1.76. The molecule has 2 aromatic rings. The zero-order chi connectivity index (χ0) is 11.7. The van der Waals surface area contributed by atoms with Gasteiger partial charge in [-0.15, -0.1) is 0 Å². The highest BCUT2D eigenvalue weighted by Crippen LogP contribution is 2.22. The molecule has 0 fully saturated rings. The van der Waals surface area contributed by atoms with Crippen LogP contribution in [0, 0.1) is 5.92 Å². The zero-order valence-electron chi connectivity index (χ0n) is 8.70. The fourth-order valence-electron chi connectivity index (χ4n) is 1.58. The van der Waals surface area contributed by atoms with Crippen LogP contribution in [0.15, 0.2) is 18.2 Å². The normalized spacial score (nSPS) is 12.9. The van der Waals surface area contributed by atoms with E-state index < -0.39 is 11.9 Å². The van der Waals surface area contributed by atoms with Gasteiger partial charge in [0.15, 0.2) is 0 Å². The van der Waals surface area contributed by atoms with Crippen LogP contribution in [0.5, 0.6) is 0 Å². The van der Waals surface area contributed by atoms with E-state index in [0.717, 1.165) is 16.6 Å². The van der Waals surface area contributed by atoms with Crippen LogP contribution in [-0.4, -0.2) is 21.3 Å². The molecule has 1 aromatic carbocycles. The largest absolute Gasteiger partial charge is 0.481 e. The first-order valence-corrected chi connectivity index (χ1v) is 5.31. The lowest BCUT2D eigenvalue weighted by molar-refractivity contribution is -0.141. The number of aliphatic carboxylic acids is 1. The van der Waals surface area contributed by atoms with Gasteiger partial charge in [0.1, 0.15) is 0 Å². The van der Waals surface area contributed by atoms with Gasteiger partial charge in [0.05, 0.1) is 11.4 Å². The highest BCUT2D eigenvalue weighted by atomic mass is 35.5. The SMILES string of the molecule is CC(Cc1[nH]nc2ccc(Cl)cc12)C(=O)O. The molecule has 0 saturated carbocycles. The molecule has 5 heteroatoms. The summed E-state index contributed by atoms with van der Waals surface area (Å²) < 4.78 is 0. The van der Waals surface area contributed by atoms with Crippen LogP contribution in [0.2, 0.25) is 5.02 Å². The van der Waals surface area contributed by atoms with Gasteiger partial charge in [-0.2, -0.15) is 5.10 Å². The molecular formula is C11H11ClN2O2. The van der Waals surface area contributed by atoms with Crippen molar-refractivity contribution in [1.29, 1.82) is 0 Å². The summed E-state index contributed by atoms with van der Waals surface area (Å²) >= 11 is 5.89. The van der Waals surface area contributed by atoms with Crippen molar-refractivity contribution >= 4 is 28.5 Å². The van der Waals surface area contributed by atoms with Crippen LogP contribution < -0.4 is 0 Å². The maximum atomic E-state index is 10.8. The van der Waals surface area contributed by atoms with Crippen molar-refractivity contribution < 1.29 is 9.90 Å². The average molecular weight is 239 g/mol. The minimum atomic E-state index is -0.815. The number of nitrogens with zero attached hydrogens (tertiary/aromatic N) is 1. The predicted octanol–water partition coefficient (Wildman–Crippen LogP) is 2.48. The Balaban J connectivity index is 2.37. The summed E-state index contributed by atoms with van der Waals surface area (Å²) in [4.78, 5) is 10.8. The molecule has 1 atom stereocenters. The molecule has 2 rings (SSSR count). The molecule has 0 saturated heterocycles. The summed E-state index contributed by atoms with van der Waals surface area (Å²) in [5.74, 6) is -1.26. The smallest absolute Gasteiger partial charge is 0.306 e. The lowest BCUT2D eigenvalue weighted by atomic mass is 10.0. The number of aromatic nitrogens is 2. The van der Waals surface area contributed by atoms with Gasteiger partial charge in [-0.3, -0.25) is 9.89 Å². The van der Waals surface area contributed by atoms with Crippen molar-refractivity contribution in [2.24, 2.45) is 5.92 Å². The monoisotopic (exact) mass is 238 g/mol. The number of fused-ring (bicyclic) bond motifs is 1. The van der Waals surface area contributed by atoms with Gasteiger partial charge < -0.3 is 5.11 Å². The number of hydrogen-bond donors (Lipinski definition) is 2. The fraction of sp³-hybridized carbons (Fsp3) is 0.273. The Labute approximate surface area is 97.2 Å². The first-order chi connectivity index (χ1) is 7.58. The molecule has 84 valence electrons. The van der Waals surface area contributed by atoms with Crippen molar-refractivity contribution in [3.63, 3.8) is 0 Å². The number of carboxylic acids is 1. The van der Waals surface area contributed by atoms with E-state index in [4.69, 9.17) is 16.7 Å². The minimum absolute atomic E-state index is 0.423. The molecule has 1 aromatic heterocycles. The Kier molecular flexibility index (Phi) is 2.83. The van der Waals surface area contributed by atoms with E-state index in [-0.39, 0.29) is 0 Å². The number of carbonyl (C=O) groups is 1. The molecule has 0 aliphatic heterocycles. The minimum Gasteiger partial charge on any atom is -0.481 e. The van der Waals surface area contributed by atoms with E-state index >= 15 is 0 Å². The molecule has 0 spiro atoms. The maximum absolute atomic E-state index is 10.8. The van der Waals surface area contributed by atoms with E-state index in [1.807, 2.05) is 6.07 Å². The molecular weight excluding hydrogens is 228 g/mol. The third-order valence-corrected chi connectivity index (χ3v) is 2.76. The van der Waals surface area contributed by atoms with Gasteiger partial charge in [-0.05, 0) is 18.2 Å². The van der Waals surface area contributed by atoms with Gasteiger partial charge in [-0.1, -0.05) is 18.5 Å². The Bertz CT molecular complexity index is 536. The lowest BCUT2D eigenvalue weighted by Gasteiger charge is -2.03. The lowest BCUT2D eigenvalue weighted by Crippen LogP contribution is -2.12. The van der Waals surface area contributed by atoms with Gasteiger partial charge in [0, 0.05) is 22.5 Å². The number of H-pyrrole nitrogens is 1. The summed E-state index contributed by atoms with van der Waals surface area (Å²) in [6.45, 7) is 1.67. The highest BCUT2D eigenvalue weighted by Gasteiger charge is 2.15. The van der Waals surface area contributed by atoms with Crippen molar-refractivity contribution in [1.82, 2.24) is 10.2 Å². The average Bonchev–Trinajstić information content (AvgIpc) is 2.61. The second-order valence-corrected chi connectivity index (χ2v) is 4.24. The Morgan fingerprint density at radius 2 is 2.38 bits per heavy atom. The Morgan fingerprint density at radius 3 is 3.06 bits per heavy atom. The molecule has 0 radical (unpaired) electrons. The van der Waals surface area contributed by atoms with Gasteiger partial charge in [-0.25, -0.2) is 0 Å². The second-order valence-electron chi connectivity index (χ2n) is 3.81. The first-order valence-electron chi connectivity index (χ1n) is 4.93. The molecule has 0 aliphatic carbocycles. The topological polar surface area (TPSA) is 66.0 Å². The number of hydrogen-bond acceptors (Lipinski definition) is 2. The molecule has 0 aliphatic rings. The number of rotatable bonds is 3. The predicted molar refractivity (Wildman–Crippen MR) is 61.6 cm³/mol. The van der Waals surface area contributed by atoms with Gasteiger partial charge >= 0.3 is 5.97 Å². The van der Waals surface area contributed by atoms with Crippen LogP contribution >= 0.6 is 11.6 Å². The summed E-state index contributed by atoms with van der Waals surface area (Å²) in [5.41, 5.74) is 1.62. The van der Waals surface area contributed by atoms with Crippen molar-refractivity contribution in [3.05, 3.63) is 28.9 Å². The van der Waals surface area contributed by atoms with Crippen LogP contribution in [0.4, 0.5) is 0 Å². The Morgan fingerprint density at radius 1 is 1.62 bits per heavy atom. The first kappa shape index (κ1) is 11.0. The highest BCUT2D eigenvalue weighted by molar-refractivity contribution is 6.31. The van der Waals surface area contributed by atoms with E-state index in [0.29, 0.717) is 11.4 Å². The second kappa shape index (κ2) is 4.14. The van der Waals surface area contributed by atoms with Crippen LogP contribution in [0.25, 0.3) is 10.9 Å². The number of nitrogens with one attached hydrogen (secondary N) is 1.